The first-order valence-corrected chi connectivity index (χ1v) is 8.87. The van der Waals surface area contributed by atoms with Gasteiger partial charge in [0.2, 0.25) is 0 Å². The number of aryl methyl sites for hydroxylation is 1. The lowest BCUT2D eigenvalue weighted by atomic mass is 10.2. The van der Waals surface area contributed by atoms with Crippen molar-refractivity contribution in [3.05, 3.63) is 51.6 Å². The number of carbonyl (C=O) groups excluding carboxylic acids is 1. The molecule has 0 atom stereocenters. The van der Waals surface area contributed by atoms with Crippen LogP contribution >= 0.6 is 27.5 Å². The summed E-state index contributed by atoms with van der Waals surface area (Å²) in [6.45, 7) is 0.994. The molecule has 1 N–H and O–H groups in total. The summed E-state index contributed by atoms with van der Waals surface area (Å²) in [7, 11) is 1.82. The van der Waals surface area contributed by atoms with Crippen molar-refractivity contribution in [3.63, 3.8) is 0 Å². The third-order valence-electron chi connectivity index (χ3n) is 4.14. The number of fused-ring (bicyclic) bond motifs is 2. The fourth-order valence-electron chi connectivity index (χ4n) is 2.94. The van der Waals surface area contributed by atoms with Crippen molar-refractivity contribution < 1.29 is 14.3 Å². The maximum absolute atomic E-state index is 12.8. The molecular weight excluding hydrogens is 408 g/mol. The highest BCUT2D eigenvalue weighted by Gasteiger charge is 2.22. The normalized spacial score (nSPS) is 13.1. The summed E-state index contributed by atoms with van der Waals surface area (Å²) in [4.78, 5) is 12.8. The Morgan fingerprint density at radius 3 is 2.60 bits per heavy atom. The number of nitrogens with one attached hydrogen (secondary N) is 1. The number of nitrogens with zero attached hydrogens (tertiary/aromatic N) is 1. The molecule has 5 nitrogen and oxygen atoms in total. The molecule has 2 aromatic carbocycles. The summed E-state index contributed by atoms with van der Waals surface area (Å²) in [5.41, 5.74) is 1.90. The highest BCUT2D eigenvalue weighted by Crippen LogP contribution is 2.38. The van der Waals surface area contributed by atoms with Crippen molar-refractivity contribution in [2.24, 2.45) is 7.05 Å². The Morgan fingerprint density at radius 2 is 1.88 bits per heavy atom. The van der Waals surface area contributed by atoms with Crippen LogP contribution in [0.15, 0.2) is 40.9 Å². The standard InChI is InChI=1S/C18H14BrClN2O3/c1-22-13-5-3-2-4-10(13)16(20)17(22)18(23)21-12-9-15-14(8-11(12)19)24-6-7-25-15/h2-5,8-9H,6-7H2,1H3,(H,21,23). The molecule has 1 aliphatic rings. The molecule has 0 radical (unpaired) electrons. The predicted molar refractivity (Wildman–Crippen MR) is 101 cm³/mol. The Kier molecular flexibility index (Phi) is 4.09. The summed E-state index contributed by atoms with van der Waals surface area (Å²) < 4.78 is 13.6. The highest BCUT2D eigenvalue weighted by atomic mass is 79.9. The molecule has 3 aromatic rings. The van der Waals surface area contributed by atoms with Crippen LogP contribution in [-0.4, -0.2) is 23.7 Å². The summed E-state index contributed by atoms with van der Waals surface area (Å²) in [5.74, 6) is 0.965. The van der Waals surface area contributed by atoms with Gasteiger partial charge in [0.15, 0.2) is 11.5 Å². The average molecular weight is 422 g/mol. The molecular formula is C18H14BrClN2O3. The van der Waals surface area contributed by atoms with E-state index in [-0.39, 0.29) is 5.91 Å². The summed E-state index contributed by atoms with van der Waals surface area (Å²) in [6, 6.07) is 11.2. The van der Waals surface area contributed by atoms with Crippen LogP contribution in [0.3, 0.4) is 0 Å². The molecule has 1 amide bonds. The van der Waals surface area contributed by atoms with E-state index in [1.165, 1.54) is 0 Å². The van der Waals surface area contributed by atoms with Gasteiger partial charge in [0.1, 0.15) is 18.9 Å². The van der Waals surface area contributed by atoms with E-state index in [0.717, 1.165) is 10.9 Å². The van der Waals surface area contributed by atoms with Gasteiger partial charge in [0.05, 0.1) is 10.7 Å². The third kappa shape index (κ3) is 2.75. The first-order chi connectivity index (χ1) is 12.1. The first-order valence-electron chi connectivity index (χ1n) is 7.69. The quantitative estimate of drug-likeness (QED) is 0.657. The van der Waals surface area contributed by atoms with Crippen molar-refractivity contribution >= 4 is 50.0 Å². The van der Waals surface area contributed by atoms with Gasteiger partial charge in [-0.25, -0.2) is 0 Å². The summed E-state index contributed by atoms with van der Waals surface area (Å²) in [6.07, 6.45) is 0. The van der Waals surface area contributed by atoms with Crippen LogP contribution in [0.25, 0.3) is 10.9 Å². The van der Waals surface area contributed by atoms with E-state index in [0.29, 0.717) is 45.6 Å². The van der Waals surface area contributed by atoms with Crippen molar-refractivity contribution in [3.8, 4) is 11.5 Å². The zero-order chi connectivity index (χ0) is 17.6. The zero-order valence-corrected chi connectivity index (χ0v) is 15.6. The lowest BCUT2D eigenvalue weighted by Gasteiger charge is -2.20. The Hall–Kier alpha value is -2.18. The molecule has 128 valence electrons. The lowest BCUT2D eigenvalue weighted by Crippen LogP contribution is -2.18. The molecule has 0 fully saturated rings. The molecule has 0 aliphatic carbocycles. The summed E-state index contributed by atoms with van der Waals surface area (Å²) in [5, 5.41) is 4.17. The van der Waals surface area contributed by atoms with Crippen LogP contribution in [0.5, 0.6) is 11.5 Å². The van der Waals surface area contributed by atoms with Crippen molar-refractivity contribution in [2.45, 2.75) is 0 Å². The molecule has 0 saturated heterocycles. The fraction of sp³-hybridized carbons (Fsp3) is 0.167. The van der Waals surface area contributed by atoms with Crippen molar-refractivity contribution in [1.82, 2.24) is 4.57 Å². The first kappa shape index (κ1) is 16.3. The van der Waals surface area contributed by atoms with Crippen LogP contribution in [0, 0.1) is 0 Å². The van der Waals surface area contributed by atoms with Gasteiger partial charge in [-0.1, -0.05) is 29.8 Å². The van der Waals surface area contributed by atoms with Gasteiger partial charge >= 0.3 is 0 Å². The monoisotopic (exact) mass is 420 g/mol. The number of halogens is 2. The number of rotatable bonds is 2. The van der Waals surface area contributed by atoms with Crippen LogP contribution in [-0.2, 0) is 7.05 Å². The Morgan fingerprint density at radius 1 is 1.20 bits per heavy atom. The Labute approximate surface area is 157 Å². The minimum atomic E-state index is -0.291. The van der Waals surface area contributed by atoms with Crippen molar-refractivity contribution in [1.29, 1.82) is 0 Å². The van der Waals surface area contributed by atoms with Crippen LogP contribution in [0.2, 0.25) is 5.02 Å². The second-order valence-electron chi connectivity index (χ2n) is 5.67. The van der Waals surface area contributed by atoms with Gasteiger partial charge in [0.25, 0.3) is 5.91 Å². The topological polar surface area (TPSA) is 52.5 Å². The number of anilines is 1. The van der Waals surface area contributed by atoms with Gasteiger partial charge in [-0.15, -0.1) is 0 Å². The van der Waals surface area contributed by atoms with Crippen molar-refractivity contribution in [2.75, 3.05) is 18.5 Å². The minimum Gasteiger partial charge on any atom is -0.486 e. The van der Waals surface area contributed by atoms with E-state index in [2.05, 4.69) is 21.2 Å². The third-order valence-corrected chi connectivity index (χ3v) is 5.18. The maximum Gasteiger partial charge on any atom is 0.273 e. The molecule has 2 heterocycles. The number of carbonyl (C=O) groups is 1. The van der Waals surface area contributed by atoms with Gasteiger partial charge in [0, 0.05) is 34.6 Å². The molecule has 1 aliphatic heterocycles. The molecule has 0 unspecified atom stereocenters. The van der Waals surface area contributed by atoms with E-state index < -0.39 is 0 Å². The average Bonchev–Trinajstić information content (AvgIpc) is 2.87. The number of ether oxygens (including phenoxy) is 2. The molecule has 7 heteroatoms. The number of para-hydroxylation sites is 1. The van der Waals surface area contributed by atoms with Gasteiger partial charge in [-0.2, -0.15) is 0 Å². The Balaban J connectivity index is 1.71. The molecule has 4 rings (SSSR count). The lowest BCUT2D eigenvalue weighted by molar-refractivity contribution is 0.101. The number of aromatic nitrogens is 1. The van der Waals surface area contributed by atoms with Crippen LogP contribution in [0.4, 0.5) is 5.69 Å². The second-order valence-corrected chi connectivity index (χ2v) is 6.90. The Bertz CT molecular complexity index is 961. The summed E-state index contributed by atoms with van der Waals surface area (Å²) >= 11 is 9.90. The number of hydrogen-bond donors (Lipinski definition) is 1. The van der Waals surface area contributed by atoms with Crippen LogP contribution < -0.4 is 14.8 Å². The largest absolute Gasteiger partial charge is 0.486 e. The zero-order valence-electron chi connectivity index (χ0n) is 13.3. The highest BCUT2D eigenvalue weighted by molar-refractivity contribution is 9.10. The van der Waals surface area contributed by atoms with Gasteiger partial charge in [-0.3, -0.25) is 4.79 Å². The van der Waals surface area contributed by atoms with E-state index in [4.69, 9.17) is 21.1 Å². The van der Waals surface area contributed by atoms with Gasteiger partial charge in [-0.05, 0) is 22.0 Å². The van der Waals surface area contributed by atoms with Gasteiger partial charge < -0.3 is 19.4 Å². The van der Waals surface area contributed by atoms with E-state index in [1.807, 2.05) is 31.3 Å². The number of benzene rings is 2. The van der Waals surface area contributed by atoms with Crippen LogP contribution in [0.1, 0.15) is 10.5 Å². The maximum atomic E-state index is 12.8. The van der Waals surface area contributed by atoms with E-state index in [9.17, 15) is 4.79 Å². The SMILES string of the molecule is Cn1c(C(=O)Nc2cc3c(cc2Br)OCCO3)c(Cl)c2ccccc21. The smallest absolute Gasteiger partial charge is 0.273 e. The van der Waals surface area contributed by atoms with E-state index >= 15 is 0 Å². The molecule has 0 spiro atoms. The fourth-order valence-corrected chi connectivity index (χ4v) is 3.73. The molecule has 0 bridgehead atoms. The molecule has 25 heavy (non-hydrogen) atoms. The second kappa shape index (κ2) is 6.28. The molecule has 0 saturated carbocycles. The van der Waals surface area contributed by atoms with E-state index in [1.54, 1.807) is 16.7 Å². The predicted octanol–water partition coefficient (Wildman–Crippen LogP) is 4.62. The number of amides is 1. The number of hydrogen-bond acceptors (Lipinski definition) is 3. The minimum absolute atomic E-state index is 0.291. The molecule has 1 aromatic heterocycles.